The summed E-state index contributed by atoms with van der Waals surface area (Å²) in [5.74, 6) is 1.69. The second-order valence-electron chi connectivity index (χ2n) is 5.37. The van der Waals surface area contributed by atoms with Crippen molar-refractivity contribution >= 4 is 11.6 Å². The lowest BCUT2D eigenvalue weighted by molar-refractivity contribution is 0.0960. The van der Waals surface area contributed by atoms with Crippen molar-refractivity contribution in [3.63, 3.8) is 0 Å². The Morgan fingerprint density at radius 3 is 2.72 bits per heavy atom. The largest absolute Gasteiger partial charge is 0.487 e. The van der Waals surface area contributed by atoms with Crippen molar-refractivity contribution in [2.24, 2.45) is 11.8 Å². The van der Waals surface area contributed by atoms with E-state index in [1.54, 1.807) is 6.07 Å². The van der Waals surface area contributed by atoms with Gasteiger partial charge in [0.05, 0.1) is 12.0 Å². The van der Waals surface area contributed by atoms with Gasteiger partial charge in [0.15, 0.2) is 11.6 Å². The van der Waals surface area contributed by atoms with Crippen LogP contribution >= 0.6 is 11.6 Å². The summed E-state index contributed by atoms with van der Waals surface area (Å²) in [5, 5.41) is 0. The molecule has 0 N–H and O–H groups in total. The first-order valence-electron chi connectivity index (χ1n) is 6.61. The lowest BCUT2D eigenvalue weighted by Gasteiger charge is -2.32. The van der Waals surface area contributed by atoms with Crippen molar-refractivity contribution in [1.82, 2.24) is 0 Å². The van der Waals surface area contributed by atoms with E-state index in [2.05, 4.69) is 13.8 Å². The monoisotopic (exact) mass is 270 g/mol. The highest BCUT2D eigenvalue weighted by Crippen LogP contribution is 2.34. The molecule has 0 saturated heterocycles. The molecule has 0 aromatic heterocycles. The molecule has 1 saturated carbocycles. The normalized spacial score (nSPS) is 28.1. The number of benzene rings is 1. The lowest BCUT2D eigenvalue weighted by atomic mass is 9.80. The van der Waals surface area contributed by atoms with Crippen LogP contribution in [0.3, 0.4) is 0 Å². The van der Waals surface area contributed by atoms with E-state index in [-0.39, 0.29) is 17.8 Å². The van der Waals surface area contributed by atoms with Crippen LogP contribution < -0.4 is 4.74 Å². The van der Waals surface area contributed by atoms with Crippen LogP contribution in [-0.4, -0.2) is 6.10 Å². The lowest BCUT2D eigenvalue weighted by Crippen LogP contribution is -2.29. The van der Waals surface area contributed by atoms with Gasteiger partial charge in [-0.25, -0.2) is 4.39 Å². The van der Waals surface area contributed by atoms with Crippen molar-refractivity contribution in [2.75, 3.05) is 0 Å². The summed E-state index contributed by atoms with van der Waals surface area (Å²) >= 11 is 5.83. The molecule has 1 nitrogen and oxygen atoms in total. The molecule has 100 valence electrons. The minimum Gasteiger partial charge on any atom is -0.487 e. The topological polar surface area (TPSA) is 9.23 Å². The van der Waals surface area contributed by atoms with Gasteiger partial charge in [-0.2, -0.15) is 0 Å². The summed E-state index contributed by atoms with van der Waals surface area (Å²) < 4.78 is 19.6. The number of para-hydroxylation sites is 1. The number of rotatable bonds is 3. The maximum atomic E-state index is 13.8. The molecule has 1 aromatic rings. The van der Waals surface area contributed by atoms with Crippen LogP contribution in [0.5, 0.6) is 5.75 Å². The molecule has 3 heteroatoms. The Morgan fingerprint density at radius 1 is 1.28 bits per heavy atom. The van der Waals surface area contributed by atoms with E-state index >= 15 is 0 Å². The highest BCUT2D eigenvalue weighted by atomic mass is 35.5. The zero-order chi connectivity index (χ0) is 13.1. The summed E-state index contributed by atoms with van der Waals surface area (Å²) in [5.41, 5.74) is 0.739. The van der Waals surface area contributed by atoms with Crippen molar-refractivity contribution in [1.29, 1.82) is 0 Å². The van der Waals surface area contributed by atoms with Crippen LogP contribution in [0.15, 0.2) is 18.2 Å². The average Bonchev–Trinajstić information content (AvgIpc) is 2.36. The van der Waals surface area contributed by atoms with Gasteiger partial charge in [0, 0.05) is 5.56 Å². The minimum atomic E-state index is -0.306. The molecule has 1 aromatic carbocycles. The summed E-state index contributed by atoms with van der Waals surface area (Å²) in [6.07, 6.45) is 3.27. The first kappa shape index (κ1) is 13.7. The second-order valence-corrected chi connectivity index (χ2v) is 5.64. The molecule has 0 bridgehead atoms. The van der Waals surface area contributed by atoms with E-state index in [0.29, 0.717) is 11.7 Å². The minimum absolute atomic E-state index is 0.120. The third-order valence-electron chi connectivity index (χ3n) is 4.03. The number of ether oxygens (including phenoxy) is 1. The fourth-order valence-electron chi connectivity index (χ4n) is 2.56. The van der Waals surface area contributed by atoms with Crippen LogP contribution in [0, 0.1) is 17.7 Å². The highest BCUT2D eigenvalue weighted by molar-refractivity contribution is 6.17. The Bertz CT molecular complexity index is 407. The molecule has 3 atom stereocenters. The molecule has 0 aliphatic heterocycles. The van der Waals surface area contributed by atoms with Crippen molar-refractivity contribution < 1.29 is 9.13 Å². The van der Waals surface area contributed by atoms with Gasteiger partial charge in [-0.15, -0.1) is 11.6 Å². The molecular formula is C15H20ClFO. The van der Waals surface area contributed by atoms with Crippen molar-refractivity contribution in [3.05, 3.63) is 29.6 Å². The first-order valence-corrected chi connectivity index (χ1v) is 7.15. The Balaban J connectivity index is 2.10. The van der Waals surface area contributed by atoms with Gasteiger partial charge in [-0.05, 0) is 37.2 Å². The van der Waals surface area contributed by atoms with E-state index in [1.165, 1.54) is 6.07 Å². The van der Waals surface area contributed by atoms with E-state index in [1.807, 2.05) is 6.07 Å². The van der Waals surface area contributed by atoms with Gasteiger partial charge >= 0.3 is 0 Å². The summed E-state index contributed by atoms with van der Waals surface area (Å²) in [7, 11) is 0. The fourth-order valence-corrected chi connectivity index (χ4v) is 2.77. The van der Waals surface area contributed by atoms with Crippen LogP contribution in [0.4, 0.5) is 4.39 Å². The highest BCUT2D eigenvalue weighted by Gasteiger charge is 2.26. The van der Waals surface area contributed by atoms with Gasteiger partial charge in [0.1, 0.15) is 0 Å². The maximum Gasteiger partial charge on any atom is 0.165 e. The molecule has 1 aliphatic rings. The molecule has 0 radical (unpaired) electrons. The molecule has 1 fully saturated rings. The first-order chi connectivity index (χ1) is 8.61. The molecule has 3 unspecified atom stereocenters. The molecule has 2 rings (SSSR count). The number of alkyl halides is 1. The molecule has 0 spiro atoms. The second kappa shape index (κ2) is 5.92. The third kappa shape index (κ3) is 2.97. The number of hydrogen-bond donors (Lipinski definition) is 0. The van der Waals surface area contributed by atoms with Crippen LogP contribution in [0.2, 0.25) is 0 Å². The molecule has 0 amide bonds. The summed E-state index contributed by atoms with van der Waals surface area (Å²) in [6, 6.07) is 4.92. The summed E-state index contributed by atoms with van der Waals surface area (Å²) in [6.45, 7) is 4.51. The zero-order valence-electron chi connectivity index (χ0n) is 11.0. The SMILES string of the molecule is CC1CCC(Oc2c(F)cccc2CCl)CC1C. The van der Waals surface area contributed by atoms with E-state index < -0.39 is 0 Å². The fraction of sp³-hybridized carbons (Fsp3) is 0.600. The van der Waals surface area contributed by atoms with E-state index in [4.69, 9.17) is 16.3 Å². The number of halogens is 2. The van der Waals surface area contributed by atoms with Crippen LogP contribution in [-0.2, 0) is 5.88 Å². The third-order valence-corrected chi connectivity index (χ3v) is 4.32. The predicted octanol–water partition coefficient (Wildman–Crippen LogP) is 4.77. The van der Waals surface area contributed by atoms with Crippen molar-refractivity contribution in [3.8, 4) is 5.75 Å². The van der Waals surface area contributed by atoms with Gasteiger partial charge in [-0.1, -0.05) is 26.0 Å². The van der Waals surface area contributed by atoms with E-state index in [0.717, 1.165) is 30.7 Å². The molecule has 1 aliphatic carbocycles. The molecule has 0 heterocycles. The molecule has 18 heavy (non-hydrogen) atoms. The standard InChI is InChI=1S/C15H20ClFO/c1-10-6-7-13(8-11(10)2)18-15-12(9-16)4-3-5-14(15)17/h3-5,10-11,13H,6-9H2,1-2H3. The summed E-state index contributed by atoms with van der Waals surface area (Å²) in [4.78, 5) is 0. The Kier molecular flexibility index (Phi) is 4.50. The van der Waals surface area contributed by atoms with Gasteiger partial charge < -0.3 is 4.74 Å². The molecular weight excluding hydrogens is 251 g/mol. The van der Waals surface area contributed by atoms with Crippen LogP contribution in [0.1, 0.15) is 38.7 Å². The van der Waals surface area contributed by atoms with Gasteiger partial charge in [0.2, 0.25) is 0 Å². The Labute approximate surface area is 113 Å². The zero-order valence-corrected chi connectivity index (χ0v) is 11.7. The van der Waals surface area contributed by atoms with E-state index in [9.17, 15) is 4.39 Å². The number of hydrogen-bond acceptors (Lipinski definition) is 1. The Hall–Kier alpha value is -0.760. The van der Waals surface area contributed by atoms with Crippen LogP contribution in [0.25, 0.3) is 0 Å². The smallest absolute Gasteiger partial charge is 0.165 e. The van der Waals surface area contributed by atoms with Gasteiger partial charge in [-0.3, -0.25) is 0 Å². The Morgan fingerprint density at radius 2 is 2.06 bits per heavy atom. The van der Waals surface area contributed by atoms with Crippen molar-refractivity contribution in [2.45, 2.75) is 45.1 Å². The predicted molar refractivity (Wildman–Crippen MR) is 72.6 cm³/mol. The average molecular weight is 271 g/mol. The quantitative estimate of drug-likeness (QED) is 0.719. The maximum absolute atomic E-state index is 13.8. The van der Waals surface area contributed by atoms with Gasteiger partial charge in [0.25, 0.3) is 0 Å².